The van der Waals surface area contributed by atoms with Crippen LogP contribution in [-0.4, -0.2) is 50.0 Å². The molecule has 0 radical (unpaired) electrons. The van der Waals surface area contributed by atoms with E-state index in [9.17, 15) is 18.0 Å². The minimum atomic E-state index is -3.74. The summed E-state index contributed by atoms with van der Waals surface area (Å²) in [4.78, 5) is 28.0. The zero-order valence-electron chi connectivity index (χ0n) is 21.9. The molecule has 0 aromatic heterocycles. The van der Waals surface area contributed by atoms with Gasteiger partial charge < -0.3 is 10.2 Å². The van der Waals surface area contributed by atoms with E-state index in [0.29, 0.717) is 11.6 Å². The van der Waals surface area contributed by atoms with Crippen LogP contribution in [0.2, 0.25) is 0 Å². The summed E-state index contributed by atoms with van der Waals surface area (Å²) in [6.45, 7) is 11.4. The molecule has 0 saturated heterocycles. The summed E-state index contributed by atoms with van der Waals surface area (Å²) in [7, 11) is -3.74. The molecule has 0 spiro atoms. The second-order valence-corrected chi connectivity index (χ2v) is 11.4. The Kier molecular flexibility index (Phi) is 9.89. The first-order valence-electron chi connectivity index (χ1n) is 12.1. The van der Waals surface area contributed by atoms with Crippen LogP contribution in [0.1, 0.15) is 63.6 Å². The van der Waals surface area contributed by atoms with Crippen molar-refractivity contribution in [3.8, 4) is 0 Å². The van der Waals surface area contributed by atoms with Crippen LogP contribution in [-0.2, 0) is 26.2 Å². The zero-order chi connectivity index (χ0) is 26.3. The average molecular weight is 502 g/mol. The van der Waals surface area contributed by atoms with E-state index in [1.54, 1.807) is 19.1 Å². The molecule has 8 heteroatoms. The quantitative estimate of drug-likeness (QED) is 0.500. The molecule has 0 heterocycles. The molecule has 2 aromatic carbocycles. The largest absolute Gasteiger partial charge is 0.352 e. The van der Waals surface area contributed by atoms with Gasteiger partial charge in [0.2, 0.25) is 21.8 Å². The third-order valence-corrected chi connectivity index (χ3v) is 7.44. The number of sulfonamides is 1. The minimum Gasteiger partial charge on any atom is -0.352 e. The molecule has 2 atom stereocenters. The molecule has 192 valence electrons. The number of carbonyl (C=O) groups is 2. The first kappa shape index (κ1) is 28.4. The van der Waals surface area contributed by atoms with Gasteiger partial charge in [-0.15, -0.1) is 0 Å². The lowest BCUT2D eigenvalue weighted by molar-refractivity contribution is -0.139. The molecule has 0 fully saturated rings. The van der Waals surface area contributed by atoms with Gasteiger partial charge in [0.25, 0.3) is 0 Å². The van der Waals surface area contributed by atoms with Crippen molar-refractivity contribution in [1.29, 1.82) is 0 Å². The van der Waals surface area contributed by atoms with Crippen LogP contribution in [0.25, 0.3) is 0 Å². The van der Waals surface area contributed by atoms with Crippen molar-refractivity contribution in [2.24, 2.45) is 0 Å². The number of hydrogen-bond acceptors (Lipinski definition) is 4. The van der Waals surface area contributed by atoms with Crippen molar-refractivity contribution in [3.05, 3.63) is 65.2 Å². The summed E-state index contributed by atoms with van der Waals surface area (Å²) in [5.41, 5.74) is 3.38. The van der Waals surface area contributed by atoms with E-state index in [1.807, 2.05) is 57.2 Å². The van der Waals surface area contributed by atoms with Crippen LogP contribution in [0.5, 0.6) is 0 Å². The lowest BCUT2D eigenvalue weighted by atomic mass is 10.0. The Morgan fingerprint density at radius 1 is 0.971 bits per heavy atom. The Hall–Kier alpha value is -2.87. The number of aryl methyl sites for hydroxylation is 1. The van der Waals surface area contributed by atoms with Crippen LogP contribution in [0.15, 0.2) is 48.5 Å². The fourth-order valence-corrected chi connectivity index (χ4v) is 4.51. The molecule has 0 bridgehead atoms. The standard InChI is InChI=1S/C27H39N3O4S/c1-8-21(5)28-27(32)22(6)29(17-24-12-10-9-11-20(24)4)26(31)18-30(35(7,33)34)25-15-13-23(14-16-25)19(2)3/h9-16,19,21-22H,8,17-18H2,1-7H3,(H,28,32)/t21-,22-/m1/s1. The molecule has 35 heavy (non-hydrogen) atoms. The highest BCUT2D eigenvalue weighted by Crippen LogP contribution is 2.23. The van der Waals surface area contributed by atoms with Gasteiger partial charge in [-0.3, -0.25) is 13.9 Å². The van der Waals surface area contributed by atoms with Gasteiger partial charge in [-0.1, -0.05) is 57.2 Å². The van der Waals surface area contributed by atoms with Crippen LogP contribution < -0.4 is 9.62 Å². The second-order valence-electron chi connectivity index (χ2n) is 9.46. The van der Waals surface area contributed by atoms with Gasteiger partial charge in [-0.05, 0) is 61.9 Å². The average Bonchev–Trinajstić information content (AvgIpc) is 2.80. The second kappa shape index (κ2) is 12.2. The Morgan fingerprint density at radius 3 is 2.09 bits per heavy atom. The minimum absolute atomic E-state index is 0.0349. The van der Waals surface area contributed by atoms with Crippen molar-refractivity contribution >= 4 is 27.5 Å². The van der Waals surface area contributed by atoms with E-state index in [1.165, 1.54) is 4.90 Å². The number of anilines is 1. The maximum Gasteiger partial charge on any atom is 0.244 e. The van der Waals surface area contributed by atoms with Crippen molar-refractivity contribution in [2.45, 2.75) is 72.5 Å². The first-order chi connectivity index (χ1) is 16.3. The van der Waals surface area contributed by atoms with E-state index in [-0.39, 0.29) is 18.5 Å². The van der Waals surface area contributed by atoms with Crippen molar-refractivity contribution in [3.63, 3.8) is 0 Å². The highest BCUT2D eigenvalue weighted by Gasteiger charge is 2.30. The predicted octanol–water partition coefficient (Wildman–Crippen LogP) is 4.22. The summed E-state index contributed by atoms with van der Waals surface area (Å²) in [5.74, 6) is -0.418. The maximum atomic E-state index is 13.6. The highest BCUT2D eigenvalue weighted by atomic mass is 32.2. The molecule has 7 nitrogen and oxygen atoms in total. The Bertz CT molecular complexity index is 1110. The predicted molar refractivity (Wildman–Crippen MR) is 142 cm³/mol. The Balaban J connectivity index is 2.40. The summed E-state index contributed by atoms with van der Waals surface area (Å²) in [6.07, 6.45) is 1.85. The number of hydrogen-bond donors (Lipinski definition) is 1. The van der Waals surface area contributed by atoms with E-state index in [0.717, 1.165) is 33.7 Å². The molecular weight excluding hydrogens is 462 g/mol. The maximum absolute atomic E-state index is 13.6. The van der Waals surface area contributed by atoms with Crippen molar-refractivity contribution < 1.29 is 18.0 Å². The van der Waals surface area contributed by atoms with Gasteiger partial charge in [0.1, 0.15) is 12.6 Å². The number of rotatable bonds is 11. The first-order valence-corrected chi connectivity index (χ1v) is 13.9. The highest BCUT2D eigenvalue weighted by molar-refractivity contribution is 7.92. The molecule has 2 amide bonds. The van der Waals surface area contributed by atoms with E-state index < -0.39 is 28.5 Å². The molecule has 1 N–H and O–H groups in total. The Morgan fingerprint density at radius 2 is 1.57 bits per heavy atom. The van der Waals surface area contributed by atoms with Gasteiger partial charge in [0, 0.05) is 12.6 Å². The van der Waals surface area contributed by atoms with E-state index >= 15 is 0 Å². The smallest absolute Gasteiger partial charge is 0.244 e. The van der Waals surface area contributed by atoms with Gasteiger partial charge >= 0.3 is 0 Å². The molecule has 0 aliphatic heterocycles. The lowest BCUT2D eigenvalue weighted by Gasteiger charge is -2.32. The summed E-state index contributed by atoms with van der Waals surface area (Å²) in [5, 5.41) is 2.93. The summed E-state index contributed by atoms with van der Waals surface area (Å²) in [6, 6.07) is 14.0. The fourth-order valence-electron chi connectivity index (χ4n) is 3.66. The third kappa shape index (κ3) is 7.82. The normalized spacial score (nSPS) is 13.3. The zero-order valence-corrected chi connectivity index (χ0v) is 22.7. The summed E-state index contributed by atoms with van der Waals surface area (Å²) < 4.78 is 26.5. The number of carbonyl (C=O) groups excluding carboxylic acids is 2. The van der Waals surface area contributed by atoms with Gasteiger partial charge in [-0.2, -0.15) is 0 Å². The summed E-state index contributed by atoms with van der Waals surface area (Å²) >= 11 is 0. The molecule has 0 saturated carbocycles. The monoisotopic (exact) mass is 501 g/mol. The molecule has 2 rings (SSSR count). The van der Waals surface area contributed by atoms with Crippen molar-refractivity contribution in [1.82, 2.24) is 10.2 Å². The van der Waals surface area contributed by atoms with Crippen LogP contribution >= 0.6 is 0 Å². The molecule has 0 aliphatic rings. The van der Waals surface area contributed by atoms with Gasteiger partial charge in [-0.25, -0.2) is 8.42 Å². The van der Waals surface area contributed by atoms with Crippen LogP contribution in [0.4, 0.5) is 5.69 Å². The molecular formula is C27H39N3O4S. The SMILES string of the molecule is CC[C@@H](C)NC(=O)[C@@H](C)N(Cc1ccccc1C)C(=O)CN(c1ccc(C(C)C)cc1)S(C)(=O)=O. The van der Waals surface area contributed by atoms with Gasteiger partial charge in [0.15, 0.2) is 0 Å². The lowest BCUT2D eigenvalue weighted by Crippen LogP contribution is -2.52. The number of nitrogens with zero attached hydrogens (tertiary/aromatic N) is 2. The molecule has 2 aromatic rings. The fraction of sp³-hybridized carbons (Fsp3) is 0.481. The Labute approximate surface area is 210 Å². The van der Waals surface area contributed by atoms with Crippen LogP contribution in [0.3, 0.4) is 0 Å². The molecule has 0 unspecified atom stereocenters. The third-order valence-electron chi connectivity index (χ3n) is 6.30. The molecule has 0 aliphatic carbocycles. The van der Waals surface area contributed by atoms with Crippen LogP contribution in [0, 0.1) is 6.92 Å². The van der Waals surface area contributed by atoms with E-state index in [2.05, 4.69) is 19.2 Å². The van der Waals surface area contributed by atoms with Gasteiger partial charge in [0.05, 0.1) is 11.9 Å². The van der Waals surface area contributed by atoms with E-state index in [4.69, 9.17) is 0 Å². The number of nitrogens with one attached hydrogen (secondary N) is 1. The van der Waals surface area contributed by atoms with Crippen molar-refractivity contribution in [2.75, 3.05) is 17.1 Å². The topological polar surface area (TPSA) is 86.8 Å². The number of amides is 2. The number of benzene rings is 2.